The number of carbonyl (C=O) groups is 2. The maximum absolute atomic E-state index is 14.3. The van der Waals surface area contributed by atoms with E-state index in [1.165, 1.54) is 11.0 Å². The van der Waals surface area contributed by atoms with Crippen LogP contribution < -0.4 is 16.0 Å². The molecule has 1 saturated heterocycles. The van der Waals surface area contributed by atoms with E-state index in [9.17, 15) is 14.0 Å². The first-order valence-electron chi connectivity index (χ1n) is 8.21. The molecule has 5 nitrogen and oxygen atoms in total. The van der Waals surface area contributed by atoms with Crippen LogP contribution in [0.25, 0.3) is 0 Å². The number of nitrogens with two attached hydrogens (primary N) is 1. The van der Waals surface area contributed by atoms with Crippen LogP contribution in [0, 0.1) is 17.7 Å². The van der Waals surface area contributed by atoms with Crippen LogP contribution in [-0.2, 0) is 9.59 Å². The van der Waals surface area contributed by atoms with Gasteiger partial charge in [-0.25, -0.2) is 4.39 Å². The van der Waals surface area contributed by atoms with Gasteiger partial charge >= 0.3 is 0 Å². The Balaban J connectivity index is 0.00000208. The number of rotatable bonds is 4. The van der Waals surface area contributed by atoms with Gasteiger partial charge in [-0.15, -0.1) is 12.4 Å². The molecule has 1 aliphatic carbocycles. The lowest BCUT2D eigenvalue weighted by atomic mass is 9.95. The van der Waals surface area contributed by atoms with Crippen molar-refractivity contribution < 1.29 is 14.0 Å². The van der Waals surface area contributed by atoms with Crippen LogP contribution in [0.3, 0.4) is 0 Å². The van der Waals surface area contributed by atoms with Gasteiger partial charge in [-0.3, -0.25) is 9.59 Å². The first kappa shape index (κ1) is 18.7. The molecule has 1 aromatic carbocycles. The molecule has 0 spiro atoms. The average molecular weight is 356 g/mol. The Morgan fingerprint density at radius 1 is 1.33 bits per heavy atom. The predicted octanol–water partition coefficient (Wildman–Crippen LogP) is 2.69. The molecule has 3 N–H and O–H groups in total. The van der Waals surface area contributed by atoms with Gasteiger partial charge in [0, 0.05) is 24.6 Å². The average Bonchev–Trinajstić information content (AvgIpc) is 3.16. The monoisotopic (exact) mass is 355 g/mol. The van der Waals surface area contributed by atoms with Crippen molar-refractivity contribution in [3.63, 3.8) is 0 Å². The minimum absolute atomic E-state index is 0. The Labute approximate surface area is 147 Å². The number of carbonyl (C=O) groups excluding carboxylic acids is 2. The lowest BCUT2D eigenvalue weighted by Gasteiger charge is -2.19. The Morgan fingerprint density at radius 2 is 2.12 bits per heavy atom. The van der Waals surface area contributed by atoms with Gasteiger partial charge < -0.3 is 16.0 Å². The Morgan fingerprint density at radius 3 is 2.75 bits per heavy atom. The van der Waals surface area contributed by atoms with E-state index in [1.807, 2.05) is 0 Å². The molecule has 2 atom stereocenters. The van der Waals surface area contributed by atoms with Gasteiger partial charge in [0.1, 0.15) is 5.82 Å². The molecule has 1 saturated carbocycles. The SMILES string of the molecule is Cl.NC[C@H]1CCC[C@H]1C(=O)Nc1ccc(N2CCCC2=O)c(F)c1. The van der Waals surface area contributed by atoms with Crippen molar-refractivity contribution in [2.24, 2.45) is 17.6 Å². The molecule has 132 valence electrons. The molecule has 1 aliphatic heterocycles. The third-order valence-electron chi connectivity index (χ3n) is 4.88. The second-order valence-corrected chi connectivity index (χ2v) is 6.34. The molecule has 0 unspecified atom stereocenters. The zero-order valence-electron chi connectivity index (χ0n) is 13.5. The van der Waals surface area contributed by atoms with E-state index < -0.39 is 5.82 Å². The van der Waals surface area contributed by atoms with Gasteiger partial charge in [0.05, 0.1) is 5.69 Å². The highest BCUT2D eigenvalue weighted by molar-refractivity contribution is 5.96. The van der Waals surface area contributed by atoms with Crippen LogP contribution in [0.15, 0.2) is 18.2 Å². The normalized spacial score (nSPS) is 23.2. The third-order valence-corrected chi connectivity index (χ3v) is 4.88. The van der Waals surface area contributed by atoms with Gasteiger partial charge in [-0.1, -0.05) is 6.42 Å². The van der Waals surface area contributed by atoms with Crippen molar-refractivity contribution in [3.05, 3.63) is 24.0 Å². The Bertz CT molecular complexity index is 626. The van der Waals surface area contributed by atoms with E-state index in [-0.39, 0.29) is 41.7 Å². The topological polar surface area (TPSA) is 75.4 Å². The van der Waals surface area contributed by atoms with Crippen molar-refractivity contribution in [1.82, 2.24) is 0 Å². The van der Waals surface area contributed by atoms with Crippen LogP contribution in [0.4, 0.5) is 15.8 Å². The Hall–Kier alpha value is -1.66. The first-order chi connectivity index (χ1) is 11.1. The molecule has 1 aromatic rings. The predicted molar refractivity (Wildman–Crippen MR) is 93.8 cm³/mol. The summed E-state index contributed by atoms with van der Waals surface area (Å²) in [5.74, 6) is -0.524. The molecule has 0 bridgehead atoms. The standard InChI is InChI=1S/C17H22FN3O2.ClH/c18-14-9-12(6-7-15(14)21-8-2-5-16(21)22)20-17(23)13-4-1-3-11(13)10-19;/h6-7,9,11,13H,1-5,8,10,19H2,(H,20,23);1H/t11-,13-;/m1./s1. The number of amides is 2. The van der Waals surface area contributed by atoms with Crippen LogP contribution >= 0.6 is 12.4 Å². The molecular formula is C17H23ClFN3O2. The minimum Gasteiger partial charge on any atom is -0.330 e. The molecular weight excluding hydrogens is 333 g/mol. The number of nitrogens with one attached hydrogen (secondary N) is 1. The molecule has 2 amide bonds. The van der Waals surface area contributed by atoms with Gasteiger partial charge in [0.25, 0.3) is 0 Å². The lowest BCUT2D eigenvalue weighted by molar-refractivity contribution is -0.120. The molecule has 0 aromatic heterocycles. The van der Waals surface area contributed by atoms with E-state index in [0.29, 0.717) is 25.2 Å². The summed E-state index contributed by atoms with van der Waals surface area (Å²) in [4.78, 5) is 25.5. The number of anilines is 2. The van der Waals surface area contributed by atoms with E-state index in [0.717, 1.165) is 25.7 Å². The van der Waals surface area contributed by atoms with Crippen molar-refractivity contribution in [2.75, 3.05) is 23.3 Å². The zero-order valence-corrected chi connectivity index (χ0v) is 14.3. The summed E-state index contributed by atoms with van der Waals surface area (Å²) in [6.45, 7) is 1.05. The fourth-order valence-corrected chi connectivity index (χ4v) is 3.61. The van der Waals surface area contributed by atoms with E-state index >= 15 is 0 Å². The quantitative estimate of drug-likeness (QED) is 0.871. The molecule has 2 fully saturated rings. The second-order valence-electron chi connectivity index (χ2n) is 6.34. The van der Waals surface area contributed by atoms with E-state index in [4.69, 9.17) is 5.73 Å². The van der Waals surface area contributed by atoms with Crippen molar-refractivity contribution in [1.29, 1.82) is 0 Å². The molecule has 3 rings (SSSR count). The summed E-state index contributed by atoms with van der Waals surface area (Å²) in [5, 5.41) is 2.78. The van der Waals surface area contributed by atoms with Crippen molar-refractivity contribution in [3.8, 4) is 0 Å². The Kier molecular flexibility index (Phi) is 6.18. The van der Waals surface area contributed by atoms with E-state index in [1.54, 1.807) is 12.1 Å². The van der Waals surface area contributed by atoms with Crippen LogP contribution in [0.5, 0.6) is 0 Å². The highest BCUT2D eigenvalue weighted by atomic mass is 35.5. The van der Waals surface area contributed by atoms with Crippen LogP contribution in [0.2, 0.25) is 0 Å². The summed E-state index contributed by atoms with van der Waals surface area (Å²) >= 11 is 0. The summed E-state index contributed by atoms with van der Waals surface area (Å²) in [7, 11) is 0. The smallest absolute Gasteiger partial charge is 0.227 e. The number of hydrogen-bond donors (Lipinski definition) is 2. The molecule has 0 radical (unpaired) electrons. The molecule has 2 aliphatic rings. The summed E-state index contributed by atoms with van der Waals surface area (Å²) < 4.78 is 14.3. The van der Waals surface area contributed by atoms with Crippen molar-refractivity contribution >= 4 is 35.6 Å². The van der Waals surface area contributed by atoms with E-state index in [2.05, 4.69) is 5.32 Å². The van der Waals surface area contributed by atoms with Crippen LogP contribution in [-0.4, -0.2) is 24.9 Å². The summed E-state index contributed by atoms with van der Waals surface area (Å²) in [6, 6.07) is 4.49. The van der Waals surface area contributed by atoms with Gasteiger partial charge in [-0.05, 0) is 49.9 Å². The number of benzene rings is 1. The number of halogens is 2. The largest absolute Gasteiger partial charge is 0.330 e. The fourth-order valence-electron chi connectivity index (χ4n) is 3.61. The fraction of sp³-hybridized carbons (Fsp3) is 0.529. The molecule has 24 heavy (non-hydrogen) atoms. The van der Waals surface area contributed by atoms with Gasteiger partial charge in [0.2, 0.25) is 11.8 Å². The maximum atomic E-state index is 14.3. The second kappa shape index (κ2) is 7.94. The minimum atomic E-state index is -0.486. The summed E-state index contributed by atoms with van der Waals surface area (Å²) in [5.41, 5.74) is 6.41. The molecule has 7 heteroatoms. The first-order valence-corrected chi connectivity index (χ1v) is 8.21. The highest BCUT2D eigenvalue weighted by Gasteiger charge is 2.32. The number of hydrogen-bond acceptors (Lipinski definition) is 3. The van der Waals surface area contributed by atoms with Crippen LogP contribution in [0.1, 0.15) is 32.1 Å². The maximum Gasteiger partial charge on any atom is 0.227 e. The van der Waals surface area contributed by atoms with Crippen molar-refractivity contribution in [2.45, 2.75) is 32.1 Å². The number of nitrogens with zero attached hydrogens (tertiary/aromatic N) is 1. The summed E-state index contributed by atoms with van der Waals surface area (Å²) in [6.07, 6.45) is 4.01. The zero-order chi connectivity index (χ0) is 16.4. The third kappa shape index (κ3) is 3.70. The molecule has 1 heterocycles. The lowest BCUT2D eigenvalue weighted by Crippen LogP contribution is -2.30. The highest BCUT2D eigenvalue weighted by Crippen LogP contribution is 2.32. The van der Waals surface area contributed by atoms with Gasteiger partial charge in [-0.2, -0.15) is 0 Å². The van der Waals surface area contributed by atoms with Gasteiger partial charge in [0.15, 0.2) is 0 Å².